The molecule has 10 heavy (non-hydrogen) atoms. The average molecular weight is 143 g/mol. The number of likely N-dealkylation sites (N-methyl/N-ethyl adjacent to an activating group) is 1. The fraction of sp³-hybridized carbons (Fsp3) is 1.00. The van der Waals surface area contributed by atoms with Crippen molar-refractivity contribution < 1.29 is 9.84 Å². The highest BCUT2D eigenvalue weighted by Gasteiger charge is 2.38. The van der Waals surface area contributed by atoms with Crippen molar-refractivity contribution in [1.82, 2.24) is 4.90 Å². The summed E-state index contributed by atoms with van der Waals surface area (Å²) in [5.41, 5.74) is 0. The Hall–Kier alpha value is -0.120. The van der Waals surface area contributed by atoms with Crippen molar-refractivity contribution in [2.75, 3.05) is 20.1 Å². The Labute approximate surface area is 60.6 Å². The third kappa shape index (κ3) is 0.944. The van der Waals surface area contributed by atoms with Crippen LogP contribution in [-0.4, -0.2) is 48.5 Å². The van der Waals surface area contributed by atoms with Crippen molar-refractivity contribution in [1.29, 1.82) is 0 Å². The third-order valence-electron chi connectivity index (χ3n) is 2.31. The monoisotopic (exact) mass is 143 g/mol. The zero-order valence-electron chi connectivity index (χ0n) is 6.16. The van der Waals surface area contributed by atoms with E-state index in [4.69, 9.17) is 4.74 Å². The van der Waals surface area contributed by atoms with Crippen LogP contribution in [0, 0.1) is 0 Å². The van der Waals surface area contributed by atoms with Crippen LogP contribution in [0.1, 0.15) is 6.42 Å². The zero-order valence-corrected chi connectivity index (χ0v) is 6.16. The SMILES string of the molecule is CN1C[C@H]2C[C@@H](O)[C@@H](C1)O2. The number of ether oxygens (including phenoxy) is 1. The van der Waals surface area contributed by atoms with Gasteiger partial charge >= 0.3 is 0 Å². The Morgan fingerprint density at radius 1 is 1.50 bits per heavy atom. The van der Waals surface area contributed by atoms with E-state index < -0.39 is 0 Å². The first-order valence-electron chi connectivity index (χ1n) is 3.78. The smallest absolute Gasteiger partial charge is 0.0965 e. The molecular weight excluding hydrogens is 130 g/mol. The van der Waals surface area contributed by atoms with Crippen LogP contribution in [0.2, 0.25) is 0 Å². The van der Waals surface area contributed by atoms with Gasteiger partial charge in [-0.1, -0.05) is 0 Å². The molecule has 1 N–H and O–H groups in total. The molecule has 2 rings (SSSR count). The van der Waals surface area contributed by atoms with Crippen LogP contribution >= 0.6 is 0 Å². The molecule has 0 aliphatic carbocycles. The molecule has 3 heteroatoms. The molecule has 0 amide bonds. The van der Waals surface area contributed by atoms with Crippen LogP contribution in [-0.2, 0) is 4.74 Å². The van der Waals surface area contributed by atoms with Crippen molar-refractivity contribution >= 4 is 0 Å². The molecule has 2 aliphatic heterocycles. The van der Waals surface area contributed by atoms with Crippen molar-refractivity contribution in [2.45, 2.75) is 24.7 Å². The summed E-state index contributed by atoms with van der Waals surface area (Å²) >= 11 is 0. The van der Waals surface area contributed by atoms with Gasteiger partial charge in [0, 0.05) is 19.5 Å². The van der Waals surface area contributed by atoms with Gasteiger partial charge in [0.25, 0.3) is 0 Å². The molecule has 3 atom stereocenters. The molecule has 2 heterocycles. The van der Waals surface area contributed by atoms with Crippen LogP contribution in [0.5, 0.6) is 0 Å². The van der Waals surface area contributed by atoms with E-state index in [9.17, 15) is 5.11 Å². The molecule has 0 spiro atoms. The summed E-state index contributed by atoms with van der Waals surface area (Å²) in [7, 11) is 2.07. The van der Waals surface area contributed by atoms with Crippen molar-refractivity contribution in [3.8, 4) is 0 Å². The summed E-state index contributed by atoms with van der Waals surface area (Å²) in [5.74, 6) is 0. The quantitative estimate of drug-likeness (QED) is 0.494. The minimum atomic E-state index is -0.213. The summed E-state index contributed by atoms with van der Waals surface area (Å²) in [5, 5.41) is 9.37. The summed E-state index contributed by atoms with van der Waals surface area (Å²) in [6.45, 7) is 1.87. The van der Waals surface area contributed by atoms with Crippen molar-refractivity contribution in [2.24, 2.45) is 0 Å². The van der Waals surface area contributed by atoms with Crippen LogP contribution in [0.25, 0.3) is 0 Å². The van der Waals surface area contributed by atoms with Crippen molar-refractivity contribution in [3.63, 3.8) is 0 Å². The first-order chi connectivity index (χ1) is 4.75. The molecule has 2 bridgehead atoms. The van der Waals surface area contributed by atoms with E-state index in [-0.39, 0.29) is 12.2 Å². The van der Waals surface area contributed by atoms with Gasteiger partial charge in [-0.25, -0.2) is 0 Å². The number of aliphatic hydroxyl groups is 1. The molecule has 2 aliphatic rings. The first kappa shape index (κ1) is 6.58. The highest BCUT2D eigenvalue weighted by molar-refractivity contribution is 4.89. The molecule has 2 saturated heterocycles. The van der Waals surface area contributed by atoms with E-state index in [0.717, 1.165) is 19.5 Å². The maximum absolute atomic E-state index is 9.37. The lowest BCUT2D eigenvalue weighted by molar-refractivity contribution is -0.0510. The lowest BCUT2D eigenvalue weighted by Gasteiger charge is -2.28. The van der Waals surface area contributed by atoms with Crippen LogP contribution in [0.4, 0.5) is 0 Å². The number of nitrogens with zero attached hydrogens (tertiary/aromatic N) is 1. The molecule has 3 nitrogen and oxygen atoms in total. The molecule has 58 valence electrons. The topological polar surface area (TPSA) is 32.7 Å². The molecule has 0 aromatic rings. The Morgan fingerprint density at radius 3 is 3.00 bits per heavy atom. The zero-order chi connectivity index (χ0) is 7.14. The van der Waals surface area contributed by atoms with Gasteiger partial charge in [-0.3, -0.25) is 0 Å². The molecule has 2 fully saturated rings. The summed E-state index contributed by atoms with van der Waals surface area (Å²) in [6, 6.07) is 0. The fourth-order valence-corrected chi connectivity index (χ4v) is 1.83. The molecule has 0 aromatic carbocycles. The Bertz CT molecular complexity index is 135. The number of hydrogen-bond donors (Lipinski definition) is 1. The lowest BCUT2D eigenvalue weighted by Crippen LogP contribution is -2.41. The van der Waals surface area contributed by atoms with Gasteiger partial charge in [0.1, 0.15) is 0 Å². The van der Waals surface area contributed by atoms with Gasteiger partial charge in [0.15, 0.2) is 0 Å². The second-order valence-electron chi connectivity index (χ2n) is 3.32. The number of hydrogen-bond acceptors (Lipinski definition) is 3. The third-order valence-corrected chi connectivity index (χ3v) is 2.31. The lowest BCUT2D eigenvalue weighted by atomic mass is 10.2. The molecule has 0 saturated carbocycles. The van der Waals surface area contributed by atoms with E-state index >= 15 is 0 Å². The molecule has 0 aromatic heterocycles. The van der Waals surface area contributed by atoms with Gasteiger partial charge in [-0.15, -0.1) is 0 Å². The maximum atomic E-state index is 9.37. The standard InChI is InChI=1S/C7H13NO2/c1-8-3-5-2-6(9)7(4-8)10-5/h5-7,9H,2-4H2,1H3/t5-,6-,7-/m1/s1. The predicted molar refractivity (Wildman–Crippen MR) is 36.8 cm³/mol. The van der Waals surface area contributed by atoms with Gasteiger partial charge in [0.05, 0.1) is 18.3 Å². The summed E-state index contributed by atoms with van der Waals surface area (Å²) in [4.78, 5) is 2.22. The Morgan fingerprint density at radius 2 is 2.30 bits per heavy atom. The van der Waals surface area contributed by atoms with E-state index in [1.54, 1.807) is 0 Å². The molecule has 0 unspecified atom stereocenters. The second kappa shape index (κ2) is 2.19. The average Bonchev–Trinajstić information content (AvgIpc) is 2.07. The van der Waals surface area contributed by atoms with Crippen molar-refractivity contribution in [3.05, 3.63) is 0 Å². The minimum absolute atomic E-state index is 0.0868. The largest absolute Gasteiger partial charge is 0.390 e. The molecule has 0 radical (unpaired) electrons. The Kier molecular flexibility index (Phi) is 1.44. The van der Waals surface area contributed by atoms with E-state index in [0.29, 0.717) is 6.10 Å². The highest BCUT2D eigenvalue weighted by atomic mass is 16.5. The maximum Gasteiger partial charge on any atom is 0.0965 e. The molecular formula is C7H13NO2. The van der Waals surface area contributed by atoms with Gasteiger partial charge in [-0.05, 0) is 7.05 Å². The number of morpholine rings is 1. The number of fused-ring (bicyclic) bond motifs is 2. The summed E-state index contributed by atoms with van der Waals surface area (Å²) in [6.07, 6.45) is 0.993. The normalized spacial score (nSPS) is 48.0. The van der Waals surface area contributed by atoms with Gasteiger partial charge < -0.3 is 14.7 Å². The Balaban J connectivity index is 2.06. The van der Waals surface area contributed by atoms with E-state index in [1.165, 1.54) is 0 Å². The summed E-state index contributed by atoms with van der Waals surface area (Å²) < 4.78 is 5.49. The number of likely N-dealkylation sites (tertiary alicyclic amines) is 1. The van der Waals surface area contributed by atoms with Gasteiger partial charge in [0.2, 0.25) is 0 Å². The second-order valence-corrected chi connectivity index (χ2v) is 3.32. The van der Waals surface area contributed by atoms with Gasteiger partial charge in [-0.2, -0.15) is 0 Å². The van der Waals surface area contributed by atoms with E-state index in [2.05, 4.69) is 11.9 Å². The predicted octanol–water partition coefficient (Wildman–Crippen LogP) is -0.550. The van der Waals surface area contributed by atoms with Crippen LogP contribution in [0.3, 0.4) is 0 Å². The van der Waals surface area contributed by atoms with Crippen LogP contribution < -0.4 is 0 Å². The first-order valence-corrected chi connectivity index (χ1v) is 3.78. The number of aliphatic hydroxyl groups excluding tert-OH is 1. The minimum Gasteiger partial charge on any atom is -0.390 e. The van der Waals surface area contributed by atoms with Crippen LogP contribution in [0.15, 0.2) is 0 Å². The number of rotatable bonds is 0. The highest BCUT2D eigenvalue weighted by Crippen LogP contribution is 2.25. The van der Waals surface area contributed by atoms with E-state index in [1.807, 2.05) is 0 Å². The fourth-order valence-electron chi connectivity index (χ4n) is 1.83.